The number of aliphatic hydroxyl groups is 1. The molecule has 0 aliphatic carbocycles. The second-order valence-corrected chi connectivity index (χ2v) is 5.71. The third-order valence-corrected chi connectivity index (χ3v) is 4.03. The number of alkyl halides is 8. The molecule has 0 fully saturated rings. The molecule has 1 unspecified atom stereocenters. The zero-order valence-electron chi connectivity index (χ0n) is 12.5. The van der Waals surface area contributed by atoms with Crippen LogP contribution >= 0.6 is 11.6 Å². The highest BCUT2D eigenvalue weighted by Crippen LogP contribution is 2.54. The number of hydrogen-bond donors (Lipinski definition) is 1. The quantitative estimate of drug-likeness (QED) is 0.642. The lowest BCUT2D eigenvalue weighted by Gasteiger charge is -2.39. The van der Waals surface area contributed by atoms with E-state index in [1.54, 1.807) is 0 Å². The Balaban J connectivity index is 2.96. The van der Waals surface area contributed by atoms with Crippen molar-refractivity contribution in [3.05, 3.63) is 70.2 Å². The van der Waals surface area contributed by atoms with Crippen LogP contribution in [-0.2, 0) is 11.8 Å². The Morgan fingerprint density at radius 2 is 1.08 bits per heavy atom. The molecule has 0 aliphatic heterocycles. The Labute approximate surface area is 146 Å². The predicted molar refractivity (Wildman–Crippen MR) is 76.9 cm³/mol. The number of benzene rings is 2. The van der Waals surface area contributed by atoms with Crippen molar-refractivity contribution in [2.45, 2.75) is 23.9 Å². The van der Waals surface area contributed by atoms with Crippen LogP contribution in [0.25, 0.3) is 0 Å². The highest BCUT2D eigenvalue weighted by Gasteiger charge is 2.72. The molecule has 2 aromatic carbocycles. The van der Waals surface area contributed by atoms with Crippen LogP contribution in [-0.4, -0.2) is 17.2 Å². The lowest BCUT2D eigenvalue weighted by Crippen LogP contribution is -2.56. The molecule has 0 amide bonds. The summed E-state index contributed by atoms with van der Waals surface area (Å²) in [7, 11) is 0. The van der Waals surface area contributed by atoms with Crippen molar-refractivity contribution < 1.29 is 40.2 Å². The van der Waals surface area contributed by atoms with Gasteiger partial charge in [-0.25, -0.2) is 0 Å². The molecule has 0 spiro atoms. The second kappa shape index (κ2) is 6.38. The van der Waals surface area contributed by atoms with Crippen molar-refractivity contribution in [2.24, 2.45) is 0 Å². The molecule has 0 aromatic heterocycles. The van der Waals surface area contributed by atoms with Gasteiger partial charge in [0.15, 0.2) is 5.60 Å². The average Bonchev–Trinajstić information content (AvgIpc) is 2.52. The molecule has 1 atom stereocenters. The van der Waals surface area contributed by atoms with E-state index in [0.29, 0.717) is 18.2 Å². The maximum Gasteiger partial charge on any atom is 0.457 e. The van der Waals surface area contributed by atoms with Gasteiger partial charge < -0.3 is 5.11 Å². The van der Waals surface area contributed by atoms with Crippen molar-refractivity contribution in [3.63, 3.8) is 0 Å². The van der Waals surface area contributed by atoms with Crippen molar-refractivity contribution in [3.8, 4) is 0 Å². The first-order chi connectivity index (χ1) is 11.7. The lowest BCUT2D eigenvalue weighted by molar-refractivity contribution is -0.337. The van der Waals surface area contributed by atoms with Crippen molar-refractivity contribution in [1.29, 1.82) is 0 Å². The summed E-state index contributed by atoms with van der Waals surface area (Å²) in [5.41, 5.74) is -9.12. The van der Waals surface area contributed by atoms with E-state index in [2.05, 4.69) is 0 Å². The molecule has 0 radical (unpaired) electrons. The van der Waals surface area contributed by atoms with E-state index in [1.807, 2.05) is 0 Å². The largest absolute Gasteiger partial charge is 0.457 e. The number of halogens is 9. The van der Waals surface area contributed by atoms with Crippen LogP contribution in [0.1, 0.15) is 16.7 Å². The highest BCUT2D eigenvalue weighted by molar-refractivity contribution is 6.31. The van der Waals surface area contributed by atoms with Crippen LogP contribution in [0.15, 0.2) is 48.5 Å². The monoisotopic (exact) mass is 404 g/mol. The first-order valence-electron chi connectivity index (χ1n) is 6.83. The minimum atomic E-state index is -6.36. The molecule has 2 aromatic rings. The van der Waals surface area contributed by atoms with Gasteiger partial charge in [-0.2, -0.15) is 35.1 Å². The van der Waals surface area contributed by atoms with Crippen LogP contribution in [0, 0.1) is 0 Å². The molecule has 0 heterocycles. The summed E-state index contributed by atoms with van der Waals surface area (Å²) in [4.78, 5) is 0. The molecule has 0 saturated carbocycles. The Morgan fingerprint density at radius 3 is 1.50 bits per heavy atom. The maximum atomic E-state index is 14.3. The molecular formula is C16H9ClF8O. The van der Waals surface area contributed by atoms with Gasteiger partial charge in [-0.05, 0) is 12.1 Å². The maximum absolute atomic E-state index is 14.3. The van der Waals surface area contributed by atoms with Crippen LogP contribution < -0.4 is 0 Å². The van der Waals surface area contributed by atoms with Crippen LogP contribution in [0.3, 0.4) is 0 Å². The van der Waals surface area contributed by atoms with E-state index in [4.69, 9.17) is 11.6 Å². The Bertz CT molecular complexity index is 799. The van der Waals surface area contributed by atoms with Gasteiger partial charge in [0, 0.05) is 16.1 Å². The van der Waals surface area contributed by atoms with Crippen molar-refractivity contribution in [1.82, 2.24) is 0 Å². The van der Waals surface area contributed by atoms with Gasteiger partial charge in [0.25, 0.3) is 0 Å². The lowest BCUT2D eigenvalue weighted by atomic mass is 9.78. The van der Waals surface area contributed by atoms with Crippen molar-refractivity contribution >= 4 is 11.6 Å². The first-order valence-corrected chi connectivity index (χ1v) is 7.21. The zero-order chi connectivity index (χ0) is 20.0. The zero-order valence-corrected chi connectivity index (χ0v) is 13.2. The third kappa shape index (κ3) is 3.14. The normalized spacial score (nSPS) is 15.6. The van der Waals surface area contributed by atoms with E-state index in [1.165, 1.54) is 0 Å². The van der Waals surface area contributed by atoms with Crippen molar-refractivity contribution in [2.75, 3.05) is 0 Å². The molecule has 1 N–H and O–H groups in total. The van der Waals surface area contributed by atoms with Gasteiger partial charge >= 0.3 is 18.3 Å². The smallest absolute Gasteiger partial charge is 0.374 e. The number of hydrogen-bond acceptors (Lipinski definition) is 1. The SMILES string of the molecule is OC(c1ccccc1Cl)(c1ccccc1C(F)(F)F)C(F)(F)C(F)(F)F. The minimum Gasteiger partial charge on any atom is -0.374 e. The van der Waals surface area contributed by atoms with Gasteiger partial charge in [0.1, 0.15) is 0 Å². The summed E-state index contributed by atoms with van der Waals surface area (Å²) >= 11 is 5.64. The molecular weight excluding hydrogens is 396 g/mol. The Morgan fingerprint density at radius 1 is 0.654 bits per heavy atom. The summed E-state index contributed by atoms with van der Waals surface area (Å²) in [5.74, 6) is -5.98. The standard InChI is InChI=1S/C16H9ClF8O/c17-12-8-4-3-7-11(12)13(26,15(21,22)16(23,24)25)9-5-1-2-6-10(9)14(18,19)20/h1-8,26H. The second-order valence-electron chi connectivity index (χ2n) is 5.31. The molecule has 0 bridgehead atoms. The van der Waals surface area contributed by atoms with E-state index >= 15 is 0 Å². The molecule has 1 nitrogen and oxygen atoms in total. The van der Waals surface area contributed by atoms with Crippen LogP contribution in [0.5, 0.6) is 0 Å². The van der Waals surface area contributed by atoms with Gasteiger partial charge in [-0.1, -0.05) is 48.0 Å². The summed E-state index contributed by atoms with van der Waals surface area (Å²) in [5, 5.41) is 9.73. The predicted octanol–water partition coefficient (Wildman–Crippen LogP) is 5.79. The van der Waals surface area contributed by atoms with Gasteiger partial charge in [0.05, 0.1) is 5.56 Å². The van der Waals surface area contributed by atoms with E-state index in [0.717, 1.165) is 30.3 Å². The van der Waals surface area contributed by atoms with Crippen LogP contribution in [0.2, 0.25) is 5.02 Å². The Hall–Kier alpha value is -1.87. The van der Waals surface area contributed by atoms with E-state index in [-0.39, 0.29) is 0 Å². The molecule has 0 saturated heterocycles. The van der Waals surface area contributed by atoms with E-state index in [9.17, 15) is 40.2 Å². The summed E-state index contributed by atoms with van der Waals surface area (Å²) in [6, 6.07) is 5.86. The summed E-state index contributed by atoms with van der Waals surface area (Å²) in [6.07, 6.45) is -11.7. The molecule has 0 aliphatic rings. The molecule has 142 valence electrons. The summed E-state index contributed by atoms with van der Waals surface area (Å²) in [6.45, 7) is 0. The first kappa shape index (κ1) is 20.4. The fraction of sp³-hybridized carbons (Fsp3) is 0.250. The van der Waals surface area contributed by atoms with Gasteiger partial charge in [0.2, 0.25) is 0 Å². The van der Waals surface area contributed by atoms with E-state index < -0.39 is 45.6 Å². The van der Waals surface area contributed by atoms with Gasteiger partial charge in [-0.15, -0.1) is 0 Å². The fourth-order valence-electron chi connectivity index (χ4n) is 2.49. The number of rotatable bonds is 3. The average molecular weight is 405 g/mol. The minimum absolute atomic E-state index is 0.295. The topological polar surface area (TPSA) is 20.2 Å². The molecule has 2 rings (SSSR count). The van der Waals surface area contributed by atoms with Gasteiger partial charge in [-0.3, -0.25) is 0 Å². The van der Waals surface area contributed by atoms with Crippen LogP contribution in [0.4, 0.5) is 35.1 Å². The highest BCUT2D eigenvalue weighted by atomic mass is 35.5. The third-order valence-electron chi connectivity index (χ3n) is 3.70. The molecule has 10 heteroatoms. The summed E-state index contributed by atoms with van der Waals surface area (Å²) < 4.78 is 107. The molecule has 26 heavy (non-hydrogen) atoms. The Kier molecular flexibility index (Phi) is 5.02. The fourth-order valence-corrected chi connectivity index (χ4v) is 2.76.